The summed E-state index contributed by atoms with van der Waals surface area (Å²) < 4.78 is 20.0. The van der Waals surface area contributed by atoms with Crippen LogP contribution in [-0.4, -0.2) is 11.1 Å². The number of hydroxylamine groups is 1. The summed E-state index contributed by atoms with van der Waals surface area (Å²) in [7, 11) is 0. The molecule has 134 valence electrons. The molecule has 0 aliphatic carbocycles. The van der Waals surface area contributed by atoms with Crippen LogP contribution in [0.1, 0.15) is 42.5 Å². The van der Waals surface area contributed by atoms with Crippen LogP contribution in [0.5, 0.6) is 5.75 Å². The highest BCUT2D eigenvalue weighted by atomic mass is 19.1. The number of hydrogen-bond acceptors (Lipinski definition) is 3. The first-order chi connectivity index (χ1) is 11.9. The molecule has 0 aliphatic heterocycles. The lowest BCUT2D eigenvalue weighted by Crippen LogP contribution is -2.27. The number of carbonyl (C=O) groups is 1. The molecule has 0 heterocycles. The number of ether oxygens (including phenoxy) is 1. The van der Waals surface area contributed by atoms with E-state index >= 15 is 0 Å². The van der Waals surface area contributed by atoms with E-state index < -0.39 is 11.7 Å². The zero-order chi connectivity index (χ0) is 18.6. The Kier molecular flexibility index (Phi) is 6.15. The number of benzene rings is 2. The van der Waals surface area contributed by atoms with Gasteiger partial charge >= 0.3 is 0 Å². The topological polar surface area (TPSA) is 49.8 Å². The number of carbonyl (C=O) groups excluding carboxylic acids is 1. The van der Waals surface area contributed by atoms with Crippen LogP contribution in [-0.2, 0) is 17.8 Å². The van der Waals surface area contributed by atoms with E-state index in [-0.39, 0.29) is 24.3 Å². The summed E-state index contributed by atoms with van der Waals surface area (Å²) in [6.45, 7) is 7.59. The number of aryl methyl sites for hydroxylation is 3. The van der Waals surface area contributed by atoms with E-state index in [4.69, 9.17) is 4.74 Å². The normalized spacial score (nSPS) is 10.6. The Balaban J connectivity index is 2.30. The summed E-state index contributed by atoms with van der Waals surface area (Å²) in [5.74, 6) is -0.374. The van der Waals surface area contributed by atoms with Crippen LogP contribution >= 0.6 is 0 Å². The van der Waals surface area contributed by atoms with E-state index in [1.165, 1.54) is 23.8 Å². The van der Waals surface area contributed by atoms with Gasteiger partial charge in [0.1, 0.15) is 18.2 Å². The molecule has 2 rings (SSSR count). The molecule has 5 heteroatoms. The van der Waals surface area contributed by atoms with Crippen molar-refractivity contribution in [2.75, 3.05) is 5.06 Å². The van der Waals surface area contributed by atoms with Gasteiger partial charge in [0.15, 0.2) is 0 Å². The van der Waals surface area contributed by atoms with Crippen LogP contribution in [0.3, 0.4) is 0 Å². The SMILES string of the molecule is CCC(=O)N(O)c1cccc(F)c1COc1cc(C)c(CC)cc1C. The second kappa shape index (κ2) is 8.12. The van der Waals surface area contributed by atoms with Crippen molar-refractivity contribution < 1.29 is 19.1 Å². The molecule has 0 bridgehead atoms. The summed E-state index contributed by atoms with van der Waals surface area (Å²) >= 11 is 0. The number of anilines is 1. The molecule has 0 fully saturated rings. The summed E-state index contributed by atoms with van der Waals surface area (Å²) in [6, 6.07) is 8.22. The first kappa shape index (κ1) is 18.9. The van der Waals surface area contributed by atoms with Gasteiger partial charge in [-0.3, -0.25) is 10.0 Å². The number of halogens is 1. The van der Waals surface area contributed by atoms with Crippen molar-refractivity contribution in [3.8, 4) is 5.75 Å². The van der Waals surface area contributed by atoms with Crippen LogP contribution in [0.25, 0.3) is 0 Å². The van der Waals surface area contributed by atoms with Crippen molar-refractivity contribution in [1.82, 2.24) is 0 Å². The maximum Gasteiger partial charge on any atom is 0.250 e. The first-order valence-electron chi connectivity index (χ1n) is 8.41. The lowest BCUT2D eigenvalue weighted by Gasteiger charge is -2.19. The molecule has 0 saturated carbocycles. The molecule has 1 N–H and O–H groups in total. The first-order valence-corrected chi connectivity index (χ1v) is 8.41. The van der Waals surface area contributed by atoms with Gasteiger partial charge in [0.25, 0.3) is 0 Å². The average Bonchev–Trinajstić information content (AvgIpc) is 2.61. The fourth-order valence-electron chi connectivity index (χ4n) is 2.71. The number of nitrogens with zero attached hydrogens (tertiary/aromatic N) is 1. The van der Waals surface area contributed by atoms with Gasteiger partial charge in [-0.25, -0.2) is 4.39 Å². The molecule has 25 heavy (non-hydrogen) atoms. The second-order valence-corrected chi connectivity index (χ2v) is 5.98. The van der Waals surface area contributed by atoms with Crippen LogP contribution in [0.4, 0.5) is 10.1 Å². The highest BCUT2D eigenvalue weighted by Crippen LogP contribution is 2.28. The second-order valence-electron chi connectivity index (χ2n) is 5.98. The number of hydrogen-bond donors (Lipinski definition) is 1. The van der Waals surface area contributed by atoms with Crippen molar-refractivity contribution in [3.63, 3.8) is 0 Å². The zero-order valence-corrected chi connectivity index (χ0v) is 15.1. The van der Waals surface area contributed by atoms with Crippen molar-refractivity contribution in [2.24, 2.45) is 0 Å². The molecule has 0 atom stereocenters. The van der Waals surface area contributed by atoms with Gasteiger partial charge in [-0.15, -0.1) is 0 Å². The fraction of sp³-hybridized carbons (Fsp3) is 0.350. The lowest BCUT2D eigenvalue weighted by atomic mass is 10.0. The Bertz CT molecular complexity index is 774. The molecular weight excluding hydrogens is 321 g/mol. The molecule has 0 aliphatic rings. The fourth-order valence-corrected chi connectivity index (χ4v) is 2.71. The molecule has 1 amide bonds. The molecule has 0 radical (unpaired) electrons. The largest absolute Gasteiger partial charge is 0.488 e. The van der Waals surface area contributed by atoms with Gasteiger partial charge in [-0.1, -0.05) is 26.0 Å². The zero-order valence-electron chi connectivity index (χ0n) is 15.1. The molecule has 2 aromatic carbocycles. The van der Waals surface area contributed by atoms with Crippen molar-refractivity contribution in [3.05, 3.63) is 58.4 Å². The Hall–Kier alpha value is -2.40. The number of rotatable bonds is 6. The van der Waals surface area contributed by atoms with E-state index in [9.17, 15) is 14.4 Å². The third-order valence-corrected chi connectivity index (χ3v) is 4.25. The van der Waals surface area contributed by atoms with Crippen LogP contribution in [0.2, 0.25) is 0 Å². The van der Waals surface area contributed by atoms with Crippen molar-refractivity contribution in [1.29, 1.82) is 0 Å². The summed E-state index contributed by atoms with van der Waals surface area (Å²) in [4.78, 5) is 11.7. The highest BCUT2D eigenvalue weighted by Gasteiger charge is 2.19. The lowest BCUT2D eigenvalue weighted by molar-refractivity contribution is -0.123. The Morgan fingerprint density at radius 1 is 1.20 bits per heavy atom. The van der Waals surface area contributed by atoms with Gasteiger partial charge in [-0.2, -0.15) is 5.06 Å². The maximum atomic E-state index is 14.3. The minimum absolute atomic E-state index is 0.0815. The predicted octanol–water partition coefficient (Wildman–Crippen LogP) is 4.72. The Morgan fingerprint density at radius 2 is 1.92 bits per heavy atom. The third-order valence-electron chi connectivity index (χ3n) is 4.25. The quantitative estimate of drug-likeness (QED) is 0.609. The standard InChI is InChI=1S/C20H24FNO3/c1-5-15-10-14(4)19(11-13(15)3)25-12-16-17(21)8-7-9-18(16)22(24)20(23)6-2/h7-11,24H,5-6,12H2,1-4H3. The molecular formula is C20H24FNO3. The van der Waals surface area contributed by atoms with E-state index in [0.29, 0.717) is 10.8 Å². The highest BCUT2D eigenvalue weighted by molar-refractivity contribution is 5.91. The van der Waals surface area contributed by atoms with Gasteiger partial charge in [0.05, 0.1) is 11.3 Å². The van der Waals surface area contributed by atoms with Crippen LogP contribution in [0, 0.1) is 19.7 Å². The Labute approximate surface area is 147 Å². The monoisotopic (exact) mass is 345 g/mol. The summed E-state index contributed by atoms with van der Waals surface area (Å²) in [5.41, 5.74) is 3.56. The Morgan fingerprint density at radius 3 is 2.56 bits per heavy atom. The van der Waals surface area contributed by atoms with E-state index in [2.05, 4.69) is 13.0 Å². The summed E-state index contributed by atoms with van der Waals surface area (Å²) in [6.07, 6.45) is 1.05. The van der Waals surface area contributed by atoms with E-state index in [1.54, 1.807) is 6.92 Å². The molecule has 0 aromatic heterocycles. The maximum absolute atomic E-state index is 14.3. The minimum Gasteiger partial charge on any atom is -0.488 e. The van der Waals surface area contributed by atoms with Gasteiger partial charge in [-0.05, 0) is 55.2 Å². The van der Waals surface area contributed by atoms with Crippen molar-refractivity contribution >= 4 is 11.6 Å². The van der Waals surface area contributed by atoms with Crippen molar-refractivity contribution in [2.45, 2.75) is 47.1 Å². The molecule has 0 unspecified atom stereocenters. The average molecular weight is 345 g/mol. The van der Waals surface area contributed by atoms with Gasteiger partial charge in [0.2, 0.25) is 5.91 Å². The third kappa shape index (κ3) is 4.17. The van der Waals surface area contributed by atoms with Gasteiger partial charge < -0.3 is 4.74 Å². The molecule has 4 nitrogen and oxygen atoms in total. The smallest absolute Gasteiger partial charge is 0.250 e. The molecule has 0 spiro atoms. The predicted molar refractivity (Wildman–Crippen MR) is 95.6 cm³/mol. The molecule has 2 aromatic rings. The minimum atomic E-state index is -0.528. The van der Waals surface area contributed by atoms with Gasteiger partial charge in [0, 0.05) is 6.42 Å². The number of amides is 1. The van der Waals surface area contributed by atoms with Crippen LogP contribution < -0.4 is 9.80 Å². The molecule has 0 saturated heterocycles. The van der Waals surface area contributed by atoms with E-state index in [1.807, 2.05) is 19.9 Å². The summed E-state index contributed by atoms with van der Waals surface area (Å²) in [5, 5.41) is 10.5. The van der Waals surface area contributed by atoms with E-state index in [0.717, 1.165) is 17.5 Å². The van der Waals surface area contributed by atoms with Crippen LogP contribution in [0.15, 0.2) is 30.3 Å².